The molecule has 2 amide bonds. The number of nitrogens with zero attached hydrogens (tertiary/aromatic N) is 2. The van der Waals surface area contributed by atoms with E-state index in [1.54, 1.807) is 30.1 Å². The van der Waals surface area contributed by atoms with Crippen LogP contribution >= 0.6 is 0 Å². The molecular weight excluding hydrogens is 396 g/mol. The van der Waals surface area contributed by atoms with Crippen LogP contribution in [0.5, 0.6) is 17.2 Å². The summed E-state index contributed by atoms with van der Waals surface area (Å²) in [5, 5.41) is 0. The number of amides is 2. The highest BCUT2D eigenvalue weighted by Crippen LogP contribution is 2.28. The summed E-state index contributed by atoms with van der Waals surface area (Å²) >= 11 is 0. The van der Waals surface area contributed by atoms with Crippen molar-refractivity contribution in [3.63, 3.8) is 0 Å². The maximum Gasteiger partial charge on any atom is 0.260 e. The van der Waals surface area contributed by atoms with E-state index in [0.29, 0.717) is 43.4 Å². The number of methoxy groups -OCH3 is 2. The largest absolute Gasteiger partial charge is 0.493 e. The highest BCUT2D eigenvalue weighted by Gasteiger charge is 2.24. The zero-order valence-electron chi connectivity index (χ0n) is 18.6. The fourth-order valence-corrected chi connectivity index (χ4v) is 3.52. The van der Waals surface area contributed by atoms with Crippen molar-refractivity contribution in [3.8, 4) is 17.2 Å². The number of rotatable bonds is 7. The molecule has 1 saturated heterocycles. The van der Waals surface area contributed by atoms with Gasteiger partial charge in [-0.3, -0.25) is 9.59 Å². The van der Waals surface area contributed by atoms with E-state index < -0.39 is 0 Å². The minimum atomic E-state index is -0.0646. The topological polar surface area (TPSA) is 68.3 Å². The van der Waals surface area contributed by atoms with Gasteiger partial charge in [0.1, 0.15) is 5.75 Å². The molecule has 166 valence electrons. The number of carbonyl (C=O) groups is 2. The Morgan fingerprint density at radius 3 is 2.06 bits per heavy atom. The Kier molecular flexibility index (Phi) is 7.39. The van der Waals surface area contributed by atoms with Crippen LogP contribution in [0.3, 0.4) is 0 Å². The fourth-order valence-electron chi connectivity index (χ4n) is 3.52. The van der Waals surface area contributed by atoms with Crippen LogP contribution in [0.25, 0.3) is 0 Å². The Morgan fingerprint density at radius 2 is 1.45 bits per heavy atom. The van der Waals surface area contributed by atoms with Crippen LogP contribution in [0, 0.1) is 13.8 Å². The SMILES string of the molecule is COc1ccc(CC(=O)N2CCN(C(=O)COc3ccc(C)c(C)c3)CC2)cc1OC. The monoisotopic (exact) mass is 426 g/mol. The van der Waals surface area contributed by atoms with Crippen molar-refractivity contribution in [2.75, 3.05) is 47.0 Å². The maximum absolute atomic E-state index is 12.7. The first-order chi connectivity index (χ1) is 14.9. The van der Waals surface area contributed by atoms with Crippen molar-refractivity contribution in [2.24, 2.45) is 0 Å². The molecule has 31 heavy (non-hydrogen) atoms. The molecule has 1 aliphatic rings. The molecule has 7 nitrogen and oxygen atoms in total. The summed E-state index contributed by atoms with van der Waals surface area (Å²) in [7, 11) is 3.15. The van der Waals surface area contributed by atoms with Crippen LogP contribution in [0.1, 0.15) is 16.7 Å². The van der Waals surface area contributed by atoms with Gasteiger partial charge in [-0.2, -0.15) is 0 Å². The minimum Gasteiger partial charge on any atom is -0.493 e. The number of hydrogen-bond donors (Lipinski definition) is 0. The molecule has 0 radical (unpaired) electrons. The Labute approximate surface area is 183 Å². The molecule has 1 fully saturated rings. The summed E-state index contributed by atoms with van der Waals surface area (Å²) < 4.78 is 16.2. The van der Waals surface area contributed by atoms with Crippen LogP contribution in [0.4, 0.5) is 0 Å². The van der Waals surface area contributed by atoms with Crippen molar-refractivity contribution in [1.82, 2.24) is 9.80 Å². The standard InChI is InChI=1S/C24H30N2O5/c1-17-5-7-20(13-18(17)2)31-16-24(28)26-11-9-25(10-12-26)23(27)15-19-6-8-21(29-3)22(14-19)30-4/h5-8,13-14H,9-12,15-16H2,1-4H3. The van der Waals surface area contributed by atoms with E-state index in [1.165, 1.54) is 5.56 Å². The smallest absolute Gasteiger partial charge is 0.260 e. The molecule has 0 atom stereocenters. The first-order valence-electron chi connectivity index (χ1n) is 10.4. The van der Waals surface area contributed by atoms with Gasteiger partial charge in [-0.1, -0.05) is 12.1 Å². The minimum absolute atomic E-state index is 0.00207. The van der Waals surface area contributed by atoms with Gasteiger partial charge in [-0.25, -0.2) is 0 Å². The molecule has 0 aromatic heterocycles. The quantitative estimate of drug-likeness (QED) is 0.681. The maximum atomic E-state index is 12.7. The van der Waals surface area contributed by atoms with E-state index in [2.05, 4.69) is 0 Å². The number of benzene rings is 2. The summed E-state index contributed by atoms with van der Waals surface area (Å²) in [4.78, 5) is 28.7. The summed E-state index contributed by atoms with van der Waals surface area (Å²) in [6.07, 6.45) is 0.282. The van der Waals surface area contributed by atoms with Gasteiger partial charge in [0, 0.05) is 26.2 Å². The zero-order chi connectivity index (χ0) is 22.4. The zero-order valence-corrected chi connectivity index (χ0v) is 18.6. The normalized spacial score (nSPS) is 13.7. The lowest BCUT2D eigenvalue weighted by Gasteiger charge is -2.34. The van der Waals surface area contributed by atoms with E-state index >= 15 is 0 Å². The average Bonchev–Trinajstić information content (AvgIpc) is 2.79. The van der Waals surface area contributed by atoms with Crippen molar-refractivity contribution >= 4 is 11.8 Å². The number of ether oxygens (including phenoxy) is 3. The summed E-state index contributed by atoms with van der Waals surface area (Å²) in [6.45, 7) is 6.10. The second-order valence-corrected chi connectivity index (χ2v) is 7.66. The van der Waals surface area contributed by atoms with Gasteiger partial charge in [0.2, 0.25) is 5.91 Å². The van der Waals surface area contributed by atoms with E-state index in [-0.39, 0.29) is 24.8 Å². The molecule has 7 heteroatoms. The lowest BCUT2D eigenvalue weighted by Crippen LogP contribution is -2.52. The fraction of sp³-hybridized carbons (Fsp3) is 0.417. The first kappa shape index (κ1) is 22.5. The van der Waals surface area contributed by atoms with Crippen molar-refractivity contribution in [2.45, 2.75) is 20.3 Å². The molecule has 2 aromatic carbocycles. The van der Waals surface area contributed by atoms with Crippen LogP contribution in [0.2, 0.25) is 0 Å². The highest BCUT2D eigenvalue weighted by molar-refractivity contribution is 5.80. The average molecular weight is 427 g/mol. The van der Waals surface area contributed by atoms with Crippen LogP contribution < -0.4 is 14.2 Å². The Hall–Kier alpha value is -3.22. The van der Waals surface area contributed by atoms with Gasteiger partial charge >= 0.3 is 0 Å². The molecule has 1 heterocycles. The molecule has 1 aliphatic heterocycles. The third-order valence-electron chi connectivity index (χ3n) is 5.63. The summed E-state index contributed by atoms with van der Waals surface area (Å²) in [5.74, 6) is 1.90. The molecule has 0 unspecified atom stereocenters. The molecule has 0 saturated carbocycles. The molecular formula is C24H30N2O5. The molecule has 3 rings (SSSR count). The lowest BCUT2D eigenvalue weighted by molar-refractivity contribution is -0.140. The van der Waals surface area contributed by atoms with Gasteiger partial charge in [-0.05, 0) is 54.8 Å². The highest BCUT2D eigenvalue weighted by atomic mass is 16.5. The number of piperazine rings is 1. The van der Waals surface area contributed by atoms with Gasteiger partial charge < -0.3 is 24.0 Å². The van der Waals surface area contributed by atoms with Gasteiger partial charge in [0.25, 0.3) is 5.91 Å². The van der Waals surface area contributed by atoms with Gasteiger partial charge in [0.05, 0.1) is 20.6 Å². The molecule has 0 N–H and O–H groups in total. The third-order valence-corrected chi connectivity index (χ3v) is 5.63. The van der Waals surface area contributed by atoms with E-state index in [1.807, 2.05) is 44.2 Å². The third kappa shape index (κ3) is 5.69. The molecule has 2 aromatic rings. The van der Waals surface area contributed by atoms with E-state index in [9.17, 15) is 9.59 Å². The van der Waals surface area contributed by atoms with Gasteiger partial charge in [-0.15, -0.1) is 0 Å². The van der Waals surface area contributed by atoms with Crippen LogP contribution in [-0.2, 0) is 16.0 Å². The molecule has 0 bridgehead atoms. The molecule has 0 aliphatic carbocycles. The van der Waals surface area contributed by atoms with Crippen molar-refractivity contribution < 1.29 is 23.8 Å². The second kappa shape index (κ2) is 10.2. The number of carbonyl (C=O) groups excluding carboxylic acids is 2. The van der Waals surface area contributed by atoms with E-state index in [0.717, 1.165) is 11.1 Å². The van der Waals surface area contributed by atoms with Crippen molar-refractivity contribution in [3.05, 3.63) is 53.1 Å². The van der Waals surface area contributed by atoms with Crippen LogP contribution in [-0.4, -0.2) is 68.6 Å². The second-order valence-electron chi connectivity index (χ2n) is 7.66. The van der Waals surface area contributed by atoms with Gasteiger partial charge in [0.15, 0.2) is 18.1 Å². The Balaban J connectivity index is 1.47. The Morgan fingerprint density at radius 1 is 0.806 bits per heavy atom. The molecule has 0 spiro atoms. The van der Waals surface area contributed by atoms with E-state index in [4.69, 9.17) is 14.2 Å². The lowest BCUT2D eigenvalue weighted by atomic mass is 10.1. The predicted molar refractivity (Wildman–Crippen MR) is 118 cm³/mol. The predicted octanol–water partition coefficient (Wildman–Crippen LogP) is 2.61. The Bertz CT molecular complexity index is 936. The summed E-state index contributed by atoms with van der Waals surface area (Å²) in [5.41, 5.74) is 3.18. The summed E-state index contributed by atoms with van der Waals surface area (Å²) in [6, 6.07) is 11.3. The number of aryl methyl sites for hydroxylation is 2. The number of hydrogen-bond acceptors (Lipinski definition) is 5. The van der Waals surface area contributed by atoms with Crippen molar-refractivity contribution in [1.29, 1.82) is 0 Å². The van der Waals surface area contributed by atoms with Crippen LogP contribution in [0.15, 0.2) is 36.4 Å². The first-order valence-corrected chi connectivity index (χ1v) is 10.4.